The molecule has 3 nitrogen and oxygen atoms in total. The lowest BCUT2D eigenvalue weighted by Crippen LogP contribution is -2.31. The number of ether oxygens (including phenoxy) is 1. The van der Waals surface area contributed by atoms with Crippen molar-refractivity contribution in [3.8, 4) is 0 Å². The predicted octanol–water partition coefficient (Wildman–Crippen LogP) is 2.33. The van der Waals surface area contributed by atoms with Crippen LogP contribution < -0.4 is 11.1 Å². The molecule has 0 amide bonds. The maximum atomic E-state index is 13.9. The highest BCUT2D eigenvalue weighted by Gasteiger charge is 2.41. The zero-order valence-corrected chi connectivity index (χ0v) is 11.0. The molecule has 3 N–H and O–H groups in total. The van der Waals surface area contributed by atoms with Gasteiger partial charge in [0, 0.05) is 5.56 Å². The number of thiocarbonyl (C=S) groups is 1. The number of benzene rings is 1. The molecule has 0 saturated carbocycles. The molecule has 2 heterocycles. The van der Waals surface area contributed by atoms with Crippen molar-refractivity contribution in [1.82, 2.24) is 0 Å². The van der Waals surface area contributed by atoms with Gasteiger partial charge in [-0.1, -0.05) is 12.2 Å². The van der Waals surface area contributed by atoms with Gasteiger partial charge >= 0.3 is 0 Å². The van der Waals surface area contributed by atoms with E-state index in [0.29, 0.717) is 0 Å². The first-order valence-corrected chi connectivity index (χ1v) is 6.67. The monoisotopic (exact) mass is 284 g/mol. The largest absolute Gasteiger partial charge is 0.389 e. The van der Waals surface area contributed by atoms with Crippen molar-refractivity contribution in [1.29, 1.82) is 0 Å². The Balaban J connectivity index is 1.82. The van der Waals surface area contributed by atoms with Gasteiger partial charge in [-0.2, -0.15) is 0 Å². The molecule has 3 unspecified atom stereocenters. The number of fused-ring (bicyclic) bond motifs is 2. The van der Waals surface area contributed by atoms with Gasteiger partial charge in [0.2, 0.25) is 0 Å². The SMILES string of the molecule is NC(=S)c1ccc(NC2CC3CCC2O3)c(F)c1F. The van der Waals surface area contributed by atoms with Gasteiger partial charge in [-0.25, -0.2) is 8.78 Å². The standard InChI is InChI=1S/C13H14F2N2OS/c14-11-7(13(16)19)2-3-8(12(11)15)17-9-5-6-1-4-10(9)18-6/h2-3,6,9-10,17H,1,4-5H2,(H2,16,19). The summed E-state index contributed by atoms with van der Waals surface area (Å²) in [6, 6.07) is 2.92. The minimum absolute atomic E-state index is 0.0447. The van der Waals surface area contributed by atoms with E-state index in [1.54, 1.807) is 0 Å². The molecule has 2 aliphatic heterocycles. The number of halogens is 2. The number of nitrogens with one attached hydrogen (secondary N) is 1. The number of hydrogen-bond donors (Lipinski definition) is 2. The van der Waals surface area contributed by atoms with Crippen LogP contribution in [0.3, 0.4) is 0 Å². The van der Waals surface area contributed by atoms with Crippen LogP contribution in [0.15, 0.2) is 12.1 Å². The normalized spacial score (nSPS) is 28.6. The first-order chi connectivity index (χ1) is 9.06. The molecule has 3 rings (SSSR count). The second-order valence-corrected chi connectivity index (χ2v) is 5.45. The third-order valence-electron chi connectivity index (χ3n) is 3.79. The second-order valence-electron chi connectivity index (χ2n) is 5.01. The van der Waals surface area contributed by atoms with E-state index >= 15 is 0 Å². The number of anilines is 1. The molecular weight excluding hydrogens is 270 g/mol. The van der Waals surface area contributed by atoms with E-state index in [9.17, 15) is 8.78 Å². The molecule has 0 aliphatic carbocycles. The lowest BCUT2D eigenvalue weighted by molar-refractivity contribution is 0.102. The Labute approximate surface area is 115 Å². The van der Waals surface area contributed by atoms with Crippen LogP contribution in [0.2, 0.25) is 0 Å². The molecular formula is C13H14F2N2OS. The zero-order valence-electron chi connectivity index (χ0n) is 10.2. The van der Waals surface area contributed by atoms with Crippen LogP contribution in [-0.2, 0) is 4.74 Å². The van der Waals surface area contributed by atoms with E-state index in [1.807, 2.05) is 0 Å². The molecule has 2 aliphatic rings. The van der Waals surface area contributed by atoms with Crippen LogP contribution in [-0.4, -0.2) is 23.2 Å². The van der Waals surface area contributed by atoms with Crippen LogP contribution in [0.4, 0.5) is 14.5 Å². The lowest BCUT2D eigenvalue weighted by Gasteiger charge is -2.21. The molecule has 0 spiro atoms. The van der Waals surface area contributed by atoms with Crippen molar-refractivity contribution >= 4 is 22.9 Å². The number of nitrogens with two attached hydrogens (primary N) is 1. The minimum atomic E-state index is -0.999. The first-order valence-electron chi connectivity index (χ1n) is 6.26. The summed E-state index contributed by atoms with van der Waals surface area (Å²) < 4.78 is 33.4. The van der Waals surface area contributed by atoms with E-state index in [4.69, 9.17) is 10.5 Å². The van der Waals surface area contributed by atoms with Gasteiger partial charge < -0.3 is 15.8 Å². The smallest absolute Gasteiger partial charge is 0.182 e. The Kier molecular flexibility index (Phi) is 3.14. The third kappa shape index (κ3) is 2.19. The van der Waals surface area contributed by atoms with E-state index in [1.165, 1.54) is 12.1 Å². The highest BCUT2D eigenvalue weighted by atomic mass is 32.1. The molecule has 2 saturated heterocycles. The van der Waals surface area contributed by atoms with Crippen molar-refractivity contribution in [3.05, 3.63) is 29.3 Å². The highest BCUT2D eigenvalue weighted by Crippen LogP contribution is 2.36. The molecule has 1 aromatic rings. The van der Waals surface area contributed by atoms with Crippen LogP contribution in [0.25, 0.3) is 0 Å². The van der Waals surface area contributed by atoms with Crippen LogP contribution in [0, 0.1) is 11.6 Å². The fourth-order valence-electron chi connectivity index (χ4n) is 2.84. The lowest BCUT2D eigenvalue weighted by atomic mass is 9.95. The Bertz CT molecular complexity index is 538. The van der Waals surface area contributed by atoms with Crippen molar-refractivity contribution in [3.63, 3.8) is 0 Å². The molecule has 3 atom stereocenters. The fourth-order valence-corrected chi connectivity index (χ4v) is 3.00. The maximum Gasteiger partial charge on any atom is 0.182 e. The molecule has 2 fully saturated rings. The van der Waals surface area contributed by atoms with Gasteiger partial charge in [0.25, 0.3) is 0 Å². The van der Waals surface area contributed by atoms with Gasteiger partial charge in [-0.05, 0) is 31.4 Å². The Morgan fingerprint density at radius 1 is 1.32 bits per heavy atom. The third-order valence-corrected chi connectivity index (χ3v) is 4.01. The topological polar surface area (TPSA) is 47.3 Å². The molecule has 1 aromatic carbocycles. The molecule has 0 aromatic heterocycles. The summed E-state index contributed by atoms with van der Waals surface area (Å²) in [5, 5.41) is 3.02. The van der Waals surface area contributed by atoms with Gasteiger partial charge in [-0.15, -0.1) is 0 Å². The Morgan fingerprint density at radius 2 is 2.11 bits per heavy atom. The number of hydrogen-bond acceptors (Lipinski definition) is 3. The van der Waals surface area contributed by atoms with E-state index in [-0.39, 0.29) is 34.5 Å². The van der Waals surface area contributed by atoms with Gasteiger partial charge in [0.1, 0.15) is 4.99 Å². The van der Waals surface area contributed by atoms with Gasteiger partial charge in [-0.3, -0.25) is 0 Å². The summed E-state index contributed by atoms with van der Waals surface area (Å²) in [5.74, 6) is -1.94. The summed E-state index contributed by atoms with van der Waals surface area (Å²) in [5.41, 5.74) is 5.40. The highest BCUT2D eigenvalue weighted by molar-refractivity contribution is 7.80. The molecule has 2 bridgehead atoms. The summed E-state index contributed by atoms with van der Waals surface area (Å²) in [6.45, 7) is 0. The average Bonchev–Trinajstić information content (AvgIpc) is 2.97. The number of rotatable bonds is 3. The Hall–Kier alpha value is -1.27. The maximum absolute atomic E-state index is 13.9. The van der Waals surface area contributed by atoms with E-state index in [2.05, 4.69) is 17.5 Å². The Morgan fingerprint density at radius 3 is 2.68 bits per heavy atom. The molecule has 0 radical (unpaired) electrons. The molecule has 6 heteroatoms. The van der Waals surface area contributed by atoms with Crippen molar-refractivity contribution in [2.45, 2.75) is 37.5 Å². The minimum Gasteiger partial charge on any atom is -0.389 e. The van der Waals surface area contributed by atoms with Crippen molar-refractivity contribution in [2.75, 3.05) is 5.32 Å². The molecule has 102 valence electrons. The van der Waals surface area contributed by atoms with Crippen LogP contribution in [0.1, 0.15) is 24.8 Å². The van der Waals surface area contributed by atoms with E-state index < -0.39 is 11.6 Å². The second kappa shape index (κ2) is 4.68. The van der Waals surface area contributed by atoms with Crippen molar-refractivity contribution < 1.29 is 13.5 Å². The fraction of sp³-hybridized carbons (Fsp3) is 0.462. The summed E-state index contributed by atoms with van der Waals surface area (Å²) in [7, 11) is 0. The van der Waals surface area contributed by atoms with Gasteiger partial charge in [0.05, 0.1) is 23.9 Å². The van der Waals surface area contributed by atoms with Crippen LogP contribution in [0.5, 0.6) is 0 Å². The predicted molar refractivity (Wildman–Crippen MR) is 72.2 cm³/mol. The first kappa shape index (κ1) is 12.7. The summed E-state index contributed by atoms with van der Waals surface area (Å²) in [6.07, 6.45) is 3.22. The molecule has 19 heavy (non-hydrogen) atoms. The van der Waals surface area contributed by atoms with Crippen molar-refractivity contribution in [2.24, 2.45) is 5.73 Å². The van der Waals surface area contributed by atoms with E-state index in [0.717, 1.165) is 19.3 Å². The zero-order chi connectivity index (χ0) is 13.6. The van der Waals surface area contributed by atoms with Gasteiger partial charge in [0.15, 0.2) is 11.6 Å². The summed E-state index contributed by atoms with van der Waals surface area (Å²) in [4.78, 5) is -0.147. The average molecular weight is 284 g/mol. The quantitative estimate of drug-likeness (QED) is 0.836. The summed E-state index contributed by atoms with van der Waals surface area (Å²) >= 11 is 4.67. The van der Waals surface area contributed by atoms with Crippen LogP contribution >= 0.6 is 12.2 Å².